The smallest absolute Gasteiger partial charge is 0.257 e. The van der Waals surface area contributed by atoms with Gasteiger partial charge >= 0.3 is 0 Å². The number of fused-ring (bicyclic) bond motifs is 4. The van der Waals surface area contributed by atoms with E-state index < -0.39 is 5.82 Å². The topological polar surface area (TPSA) is 132 Å². The predicted molar refractivity (Wildman–Crippen MR) is 172 cm³/mol. The molecule has 3 aliphatic heterocycles. The zero-order valence-corrected chi connectivity index (χ0v) is 26.8. The van der Waals surface area contributed by atoms with Crippen molar-refractivity contribution in [3.8, 4) is 28.7 Å². The summed E-state index contributed by atoms with van der Waals surface area (Å²) in [5, 5.41) is 23.3. The molecule has 0 N–H and O–H groups in total. The Balaban J connectivity index is 1.28. The number of benzene rings is 2. The number of pyridine rings is 1. The van der Waals surface area contributed by atoms with E-state index in [9.17, 15) is 9.18 Å². The van der Waals surface area contributed by atoms with Crippen LogP contribution in [-0.4, -0.2) is 68.7 Å². The maximum atomic E-state index is 14.5. The molecule has 3 aliphatic rings. The van der Waals surface area contributed by atoms with Crippen LogP contribution in [0.4, 0.5) is 4.39 Å². The Morgan fingerprint density at radius 3 is 2.69 bits per heavy atom. The fourth-order valence-corrected chi connectivity index (χ4v) is 7.34. The number of rotatable bonds is 7. The van der Waals surface area contributed by atoms with E-state index in [1.54, 1.807) is 19.2 Å². The molecular formula is C36H34FN7O4. The molecule has 11 nitrogen and oxygen atoms in total. The van der Waals surface area contributed by atoms with Crippen LogP contribution in [-0.2, 0) is 15.9 Å². The van der Waals surface area contributed by atoms with Crippen LogP contribution in [0.5, 0.6) is 0 Å². The number of halogens is 1. The van der Waals surface area contributed by atoms with Crippen LogP contribution in [0.25, 0.3) is 33.5 Å². The molecule has 244 valence electrons. The first kappa shape index (κ1) is 30.4. The van der Waals surface area contributed by atoms with Gasteiger partial charge in [-0.2, -0.15) is 10.4 Å². The van der Waals surface area contributed by atoms with E-state index in [1.807, 2.05) is 40.8 Å². The Morgan fingerprint density at radius 1 is 1.06 bits per heavy atom. The number of aryl methyl sites for hydroxylation is 2. The highest BCUT2D eigenvalue weighted by molar-refractivity contribution is 6.08. The summed E-state index contributed by atoms with van der Waals surface area (Å²) in [7, 11) is 0. The van der Waals surface area contributed by atoms with E-state index in [0.29, 0.717) is 60.6 Å². The number of ether oxygens (including phenoxy) is 2. The second kappa shape index (κ2) is 12.2. The van der Waals surface area contributed by atoms with E-state index in [4.69, 9.17) is 24.1 Å². The third-order valence-corrected chi connectivity index (χ3v) is 9.94. The van der Waals surface area contributed by atoms with Crippen molar-refractivity contribution in [3.63, 3.8) is 0 Å². The van der Waals surface area contributed by atoms with Crippen molar-refractivity contribution in [2.24, 2.45) is 5.92 Å². The first-order valence-electron chi connectivity index (χ1n) is 16.4. The SMILES string of the molecule is Cc1nnc(-c2c(CCC3CCOCC3)nc3c(c2-c2ccc4c(cnn4[C@@H](C)c4ccc(C#N)c(F)c4)c2)C(=O)N2CCOC[C@H]32)o1. The van der Waals surface area contributed by atoms with Crippen LogP contribution in [0.2, 0.25) is 0 Å². The molecule has 0 unspecified atom stereocenters. The lowest BCUT2D eigenvalue weighted by Crippen LogP contribution is -2.38. The molecule has 8 rings (SSSR count). The zero-order valence-electron chi connectivity index (χ0n) is 26.8. The van der Waals surface area contributed by atoms with Crippen molar-refractivity contribution in [1.29, 1.82) is 5.26 Å². The first-order chi connectivity index (χ1) is 23.4. The third-order valence-electron chi connectivity index (χ3n) is 9.94. The largest absolute Gasteiger partial charge is 0.421 e. The molecule has 0 saturated carbocycles. The number of carbonyl (C=O) groups is 1. The molecule has 0 aliphatic carbocycles. The number of hydrogen-bond donors (Lipinski definition) is 0. The van der Waals surface area contributed by atoms with Crippen LogP contribution >= 0.6 is 0 Å². The minimum absolute atomic E-state index is 0.00227. The average molecular weight is 648 g/mol. The first-order valence-corrected chi connectivity index (χ1v) is 16.4. The molecule has 48 heavy (non-hydrogen) atoms. The summed E-state index contributed by atoms with van der Waals surface area (Å²) in [5.41, 5.74) is 5.85. The number of nitrogens with zero attached hydrogens (tertiary/aromatic N) is 7. The van der Waals surface area contributed by atoms with Gasteiger partial charge in [0, 0.05) is 37.6 Å². The van der Waals surface area contributed by atoms with Crippen LogP contribution < -0.4 is 0 Å². The van der Waals surface area contributed by atoms with Crippen molar-refractivity contribution in [1.82, 2.24) is 29.9 Å². The van der Waals surface area contributed by atoms with E-state index >= 15 is 0 Å². The summed E-state index contributed by atoms with van der Waals surface area (Å²) in [4.78, 5) is 21.3. The lowest BCUT2D eigenvalue weighted by Gasteiger charge is -2.29. The van der Waals surface area contributed by atoms with Gasteiger partial charge in [0.05, 0.1) is 65.1 Å². The lowest BCUT2D eigenvalue weighted by molar-refractivity contribution is 0.00352. The fourth-order valence-electron chi connectivity index (χ4n) is 7.34. The van der Waals surface area contributed by atoms with Gasteiger partial charge in [0.1, 0.15) is 11.9 Å². The van der Waals surface area contributed by atoms with Crippen molar-refractivity contribution in [2.75, 3.05) is 33.0 Å². The minimum Gasteiger partial charge on any atom is -0.421 e. The molecule has 0 spiro atoms. The maximum absolute atomic E-state index is 14.5. The molecule has 1 amide bonds. The van der Waals surface area contributed by atoms with Crippen molar-refractivity contribution >= 4 is 16.8 Å². The minimum atomic E-state index is -0.560. The Labute approximate surface area is 276 Å². The van der Waals surface area contributed by atoms with E-state index in [0.717, 1.165) is 65.9 Å². The normalized spacial score (nSPS) is 18.6. The zero-order chi connectivity index (χ0) is 32.9. The number of aromatic nitrogens is 5. The Bertz CT molecular complexity index is 2090. The van der Waals surface area contributed by atoms with E-state index in [2.05, 4.69) is 15.3 Å². The van der Waals surface area contributed by atoms with Gasteiger partial charge in [0.2, 0.25) is 11.8 Å². The van der Waals surface area contributed by atoms with Crippen LogP contribution in [0, 0.1) is 30.0 Å². The van der Waals surface area contributed by atoms with Gasteiger partial charge in [-0.3, -0.25) is 14.5 Å². The molecule has 12 heteroatoms. The Hall–Kier alpha value is -4.99. The summed E-state index contributed by atoms with van der Waals surface area (Å²) in [6.45, 7) is 6.58. The molecule has 2 atom stereocenters. The van der Waals surface area contributed by atoms with Gasteiger partial charge in [-0.1, -0.05) is 12.1 Å². The van der Waals surface area contributed by atoms with Gasteiger partial charge in [-0.15, -0.1) is 10.2 Å². The molecule has 0 radical (unpaired) electrons. The average Bonchev–Trinajstić information content (AvgIpc) is 3.82. The maximum Gasteiger partial charge on any atom is 0.257 e. The number of carbonyl (C=O) groups excluding carboxylic acids is 1. The fraction of sp³-hybridized carbons (Fsp3) is 0.389. The molecule has 0 bridgehead atoms. The standard InChI is InChI=1S/C36H34FN7O4/c1-20(23-4-5-25(17-38)27(37)16-23)44-29-8-6-24(15-26(29)18-39-44)31-32(35-42-41-21(2)48-35)28(7-3-22-9-12-46-13-10-22)40-34-30-19-47-14-11-43(30)36(45)33(31)34/h4-6,8,15-16,18,20,22,30H,3,7,9-14,19H2,1-2H3/t20-,30+/m0/s1. The lowest BCUT2D eigenvalue weighted by atomic mass is 9.88. The van der Waals surface area contributed by atoms with Crippen LogP contribution in [0.3, 0.4) is 0 Å². The Kier molecular flexibility index (Phi) is 7.73. The van der Waals surface area contributed by atoms with Crippen molar-refractivity contribution in [2.45, 2.75) is 51.6 Å². The van der Waals surface area contributed by atoms with Crippen molar-refractivity contribution < 1.29 is 23.1 Å². The number of hydrogen-bond acceptors (Lipinski definition) is 9. The molecule has 2 fully saturated rings. The highest BCUT2D eigenvalue weighted by Crippen LogP contribution is 2.46. The van der Waals surface area contributed by atoms with Gasteiger partial charge < -0.3 is 18.8 Å². The van der Waals surface area contributed by atoms with Gasteiger partial charge in [0.25, 0.3) is 5.91 Å². The van der Waals surface area contributed by atoms with Crippen LogP contribution in [0.15, 0.2) is 47.0 Å². The summed E-state index contributed by atoms with van der Waals surface area (Å²) >= 11 is 0. The monoisotopic (exact) mass is 647 g/mol. The molecule has 2 aromatic carbocycles. The van der Waals surface area contributed by atoms with Gasteiger partial charge in [-0.25, -0.2) is 4.39 Å². The van der Waals surface area contributed by atoms with Crippen LogP contribution in [0.1, 0.15) is 77.0 Å². The third kappa shape index (κ3) is 5.14. The molecule has 2 saturated heterocycles. The second-order valence-corrected chi connectivity index (χ2v) is 12.8. The van der Waals surface area contributed by atoms with Gasteiger partial charge in [-0.05, 0) is 73.9 Å². The summed E-state index contributed by atoms with van der Waals surface area (Å²) < 4.78 is 33.9. The van der Waals surface area contributed by atoms with Gasteiger partial charge in [0.15, 0.2) is 0 Å². The quantitative estimate of drug-likeness (QED) is 0.210. The van der Waals surface area contributed by atoms with Crippen molar-refractivity contribution in [3.05, 3.63) is 82.4 Å². The number of morpholine rings is 1. The predicted octanol–water partition coefficient (Wildman–Crippen LogP) is 5.96. The molecular weight excluding hydrogens is 613 g/mol. The Morgan fingerprint density at radius 2 is 1.92 bits per heavy atom. The summed E-state index contributed by atoms with van der Waals surface area (Å²) in [5.74, 6) is 0.630. The van der Waals surface area contributed by atoms with E-state index in [-0.39, 0.29) is 23.6 Å². The van der Waals surface area contributed by atoms with E-state index in [1.165, 1.54) is 12.1 Å². The number of nitriles is 1. The highest BCUT2D eigenvalue weighted by Gasteiger charge is 2.44. The number of amides is 1. The second-order valence-electron chi connectivity index (χ2n) is 12.8. The summed E-state index contributed by atoms with van der Waals surface area (Å²) in [6.07, 6.45) is 5.39. The summed E-state index contributed by atoms with van der Waals surface area (Å²) in [6, 6.07) is 11.9. The molecule has 3 aromatic heterocycles. The molecule has 6 heterocycles. The molecule has 5 aromatic rings. The highest BCUT2D eigenvalue weighted by atomic mass is 19.1.